The van der Waals surface area contributed by atoms with E-state index >= 15 is 0 Å². The molecule has 2 aromatic rings. The highest BCUT2D eigenvalue weighted by atomic mass is 16.6. The number of carbonyl (C=O) groups is 1. The fraction of sp³-hybridized carbons (Fsp3) is 0.0625. The molecule has 1 aromatic carbocycles. The van der Waals surface area contributed by atoms with Gasteiger partial charge in [0.05, 0.1) is 23.8 Å². The van der Waals surface area contributed by atoms with Crippen molar-refractivity contribution in [3.8, 4) is 11.8 Å². The molecule has 1 aromatic heterocycles. The van der Waals surface area contributed by atoms with E-state index in [0.29, 0.717) is 5.82 Å². The minimum Gasteiger partial charge on any atom is -0.494 e. The van der Waals surface area contributed by atoms with Crippen LogP contribution in [0.25, 0.3) is 0 Å². The summed E-state index contributed by atoms with van der Waals surface area (Å²) in [6.45, 7) is 0. The van der Waals surface area contributed by atoms with Crippen LogP contribution in [0, 0.1) is 21.4 Å². The summed E-state index contributed by atoms with van der Waals surface area (Å²) < 4.78 is 5.03. The lowest BCUT2D eigenvalue weighted by atomic mass is 10.2. The Morgan fingerprint density at radius 3 is 2.80 bits per heavy atom. The zero-order valence-corrected chi connectivity index (χ0v) is 13.1. The molecule has 2 rings (SSSR count). The van der Waals surface area contributed by atoms with E-state index in [4.69, 9.17) is 10.00 Å². The minimum atomic E-state index is -0.696. The summed E-state index contributed by atoms with van der Waals surface area (Å²) in [7, 11) is 1.32. The second-order valence-electron chi connectivity index (χ2n) is 4.62. The van der Waals surface area contributed by atoms with Gasteiger partial charge in [0.2, 0.25) is 0 Å². The van der Waals surface area contributed by atoms with Gasteiger partial charge in [-0.2, -0.15) is 5.26 Å². The zero-order valence-electron chi connectivity index (χ0n) is 13.1. The summed E-state index contributed by atoms with van der Waals surface area (Å²) in [4.78, 5) is 26.4. The standard InChI is InChI=1S/C16H13N5O4/c1-25-14-8-12(21(23)24)5-6-13(14)20-16(22)11(9-17)10-19-15-4-2-3-7-18-15/h2-8,10H,1H3,(H,18,19)(H,20,22)/b11-10-. The van der Waals surface area contributed by atoms with E-state index in [0.717, 1.165) is 0 Å². The second kappa shape index (κ2) is 8.07. The van der Waals surface area contributed by atoms with E-state index in [-0.39, 0.29) is 22.7 Å². The molecule has 0 atom stereocenters. The molecule has 0 aliphatic carbocycles. The van der Waals surface area contributed by atoms with Gasteiger partial charge in [0.15, 0.2) is 0 Å². The molecule has 0 aliphatic rings. The number of nitro benzene ring substituents is 1. The first-order chi connectivity index (χ1) is 12.0. The number of benzene rings is 1. The van der Waals surface area contributed by atoms with E-state index in [9.17, 15) is 14.9 Å². The lowest BCUT2D eigenvalue weighted by Crippen LogP contribution is -2.15. The predicted molar refractivity (Wildman–Crippen MR) is 89.8 cm³/mol. The lowest BCUT2D eigenvalue weighted by molar-refractivity contribution is -0.384. The molecule has 0 fully saturated rings. The highest BCUT2D eigenvalue weighted by molar-refractivity contribution is 6.07. The molecule has 9 heteroatoms. The predicted octanol–water partition coefficient (Wildman–Crippen LogP) is 2.46. The third kappa shape index (κ3) is 4.52. The van der Waals surface area contributed by atoms with Gasteiger partial charge in [-0.05, 0) is 18.2 Å². The van der Waals surface area contributed by atoms with Gasteiger partial charge >= 0.3 is 0 Å². The van der Waals surface area contributed by atoms with E-state index in [1.807, 2.05) is 0 Å². The molecule has 2 N–H and O–H groups in total. The van der Waals surface area contributed by atoms with Crippen molar-refractivity contribution in [2.75, 3.05) is 17.7 Å². The Morgan fingerprint density at radius 1 is 1.40 bits per heavy atom. The number of hydrogen-bond donors (Lipinski definition) is 2. The van der Waals surface area contributed by atoms with Gasteiger partial charge in [-0.15, -0.1) is 0 Å². The normalized spacial score (nSPS) is 10.5. The third-order valence-electron chi connectivity index (χ3n) is 3.04. The Bertz CT molecular complexity index is 859. The molecule has 0 spiro atoms. The summed E-state index contributed by atoms with van der Waals surface area (Å²) in [5, 5.41) is 25.1. The monoisotopic (exact) mass is 339 g/mol. The van der Waals surface area contributed by atoms with E-state index in [1.54, 1.807) is 30.5 Å². The summed E-state index contributed by atoms with van der Waals surface area (Å²) in [6.07, 6.45) is 2.78. The first-order valence-corrected chi connectivity index (χ1v) is 6.96. The number of pyridine rings is 1. The number of ether oxygens (including phenoxy) is 1. The highest BCUT2D eigenvalue weighted by Gasteiger charge is 2.15. The molecule has 1 amide bonds. The van der Waals surface area contributed by atoms with Crippen molar-refractivity contribution in [3.05, 3.63) is 64.5 Å². The number of carbonyl (C=O) groups excluding carboxylic acids is 1. The van der Waals surface area contributed by atoms with E-state index in [2.05, 4.69) is 15.6 Å². The number of anilines is 2. The fourth-order valence-corrected chi connectivity index (χ4v) is 1.83. The number of rotatable bonds is 6. The van der Waals surface area contributed by atoms with Gasteiger partial charge in [-0.1, -0.05) is 6.07 Å². The molecular formula is C16H13N5O4. The van der Waals surface area contributed by atoms with Crippen LogP contribution in [0.5, 0.6) is 5.75 Å². The number of methoxy groups -OCH3 is 1. The number of nitrogens with one attached hydrogen (secondary N) is 2. The van der Waals surface area contributed by atoms with E-state index < -0.39 is 10.8 Å². The highest BCUT2D eigenvalue weighted by Crippen LogP contribution is 2.29. The molecule has 126 valence electrons. The van der Waals surface area contributed by atoms with Crippen molar-refractivity contribution >= 4 is 23.1 Å². The molecule has 0 aliphatic heterocycles. The molecule has 0 radical (unpaired) electrons. The fourth-order valence-electron chi connectivity index (χ4n) is 1.83. The summed E-state index contributed by atoms with van der Waals surface area (Å²) >= 11 is 0. The number of amides is 1. The Morgan fingerprint density at radius 2 is 2.20 bits per heavy atom. The third-order valence-corrected chi connectivity index (χ3v) is 3.04. The van der Waals surface area contributed by atoms with Gasteiger partial charge in [-0.3, -0.25) is 14.9 Å². The first kappa shape index (κ1) is 17.4. The van der Waals surface area contributed by atoms with Crippen LogP contribution in [0.4, 0.5) is 17.2 Å². The van der Waals surface area contributed by atoms with Crippen LogP contribution in [0.1, 0.15) is 0 Å². The number of nitro groups is 1. The smallest absolute Gasteiger partial charge is 0.273 e. The average Bonchev–Trinajstić information content (AvgIpc) is 2.63. The van der Waals surface area contributed by atoms with Crippen LogP contribution in [-0.2, 0) is 4.79 Å². The van der Waals surface area contributed by atoms with Gasteiger partial charge in [0, 0.05) is 18.5 Å². The molecular weight excluding hydrogens is 326 g/mol. The second-order valence-corrected chi connectivity index (χ2v) is 4.62. The topological polar surface area (TPSA) is 130 Å². The average molecular weight is 339 g/mol. The van der Waals surface area contributed by atoms with Gasteiger partial charge in [0.1, 0.15) is 23.2 Å². The van der Waals surface area contributed by atoms with Crippen LogP contribution in [-0.4, -0.2) is 22.9 Å². The summed E-state index contributed by atoms with van der Waals surface area (Å²) in [5.74, 6) is -0.119. The Kier molecular flexibility index (Phi) is 5.63. The maximum absolute atomic E-state index is 12.2. The molecule has 0 unspecified atom stereocenters. The molecule has 0 bridgehead atoms. The summed E-state index contributed by atoms with van der Waals surface area (Å²) in [6, 6.07) is 10.6. The van der Waals surface area contributed by atoms with Gasteiger partial charge in [0.25, 0.3) is 11.6 Å². The number of nitrogens with zero attached hydrogens (tertiary/aromatic N) is 3. The molecule has 9 nitrogen and oxygen atoms in total. The molecule has 25 heavy (non-hydrogen) atoms. The van der Waals surface area contributed by atoms with Crippen LogP contribution >= 0.6 is 0 Å². The SMILES string of the molecule is COc1cc([N+](=O)[O-])ccc1NC(=O)/C(C#N)=C\Nc1ccccn1. The first-order valence-electron chi connectivity index (χ1n) is 6.96. The lowest BCUT2D eigenvalue weighted by Gasteiger charge is -2.09. The van der Waals surface area contributed by atoms with Gasteiger partial charge < -0.3 is 15.4 Å². The Labute approximate surface area is 142 Å². The van der Waals surface area contributed by atoms with Gasteiger partial charge in [-0.25, -0.2) is 4.98 Å². The van der Waals surface area contributed by atoms with Crippen LogP contribution in [0.3, 0.4) is 0 Å². The molecule has 0 saturated heterocycles. The Balaban J connectivity index is 2.17. The zero-order chi connectivity index (χ0) is 18.2. The number of nitriles is 1. The number of aromatic nitrogens is 1. The van der Waals surface area contributed by atoms with Crippen LogP contribution in [0.15, 0.2) is 54.4 Å². The van der Waals surface area contributed by atoms with E-state index in [1.165, 1.54) is 31.5 Å². The van der Waals surface area contributed by atoms with Crippen molar-refractivity contribution in [2.24, 2.45) is 0 Å². The summed E-state index contributed by atoms with van der Waals surface area (Å²) in [5.41, 5.74) is -0.175. The number of hydrogen-bond acceptors (Lipinski definition) is 7. The van der Waals surface area contributed by atoms with Crippen LogP contribution in [0.2, 0.25) is 0 Å². The quantitative estimate of drug-likeness (QED) is 0.358. The maximum atomic E-state index is 12.2. The maximum Gasteiger partial charge on any atom is 0.273 e. The molecule has 0 saturated carbocycles. The Hall–Kier alpha value is -3.93. The minimum absolute atomic E-state index is 0.109. The largest absolute Gasteiger partial charge is 0.494 e. The molecule has 1 heterocycles. The van der Waals surface area contributed by atoms with Crippen molar-refractivity contribution in [1.29, 1.82) is 5.26 Å². The number of non-ortho nitro benzene ring substituents is 1. The van der Waals surface area contributed by atoms with Crippen molar-refractivity contribution in [3.63, 3.8) is 0 Å². The van der Waals surface area contributed by atoms with Crippen molar-refractivity contribution in [2.45, 2.75) is 0 Å². The van der Waals surface area contributed by atoms with Crippen molar-refractivity contribution in [1.82, 2.24) is 4.98 Å². The van der Waals surface area contributed by atoms with Crippen LogP contribution < -0.4 is 15.4 Å². The van der Waals surface area contributed by atoms with Crippen molar-refractivity contribution < 1.29 is 14.5 Å².